The maximum Gasteiger partial charge on any atom is 0.265 e. The second-order valence-electron chi connectivity index (χ2n) is 7.27. The Morgan fingerprint density at radius 3 is 2.25 bits per heavy atom. The molecule has 0 spiro atoms. The third kappa shape index (κ3) is 4.38. The molecule has 0 aliphatic carbocycles. The van der Waals surface area contributed by atoms with Crippen LogP contribution in [0.5, 0.6) is 5.75 Å². The highest BCUT2D eigenvalue weighted by Crippen LogP contribution is 2.25. The van der Waals surface area contributed by atoms with Gasteiger partial charge in [-0.3, -0.25) is 4.79 Å². The van der Waals surface area contributed by atoms with Crippen LogP contribution in [0.4, 0.5) is 5.69 Å². The minimum Gasteiger partial charge on any atom is -0.481 e. The molecule has 3 heteroatoms. The highest BCUT2D eigenvalue weighted by Gasteiger charge is 2.17. The summed E-state index contributed by atoms with van der Waals surface area (Å²) in [7, 11) is 0. The monoisotopic (exact) mass is 325 g/mol. The summed E-state index contributed by atoms with van der Waals surface area (Å²) >= 11 is 0. The first kappa shape index (κ1) is 18.1. The normalized spacial score (nSPS) is 12.6. The Morgan fingerprint density at radius 1 is 1.04 bits per heavy atom. The van der Waals surface area contributed by atoms with E-state index in [1.807, 2.05) is 56.3 Å². The summed E-state index contributed by atoms with van der Waals surface area (Å²) in [6, 6.07) is 13.8. The molecule has 0 bridgehead atoms. The molecule has 0 aromatic heterocycles. The number of anilines is 1. The van der Waals surface area contributed by atoms with Gasteiger partial charge in [-0.1, -0.05) is 45.0 Å². The fourth-order valence-electron chi connectivity index (χ4n) is 2.41. The summed E-state index contributed by atoms with van der Waals surface area (Å²) < 4.78 is 5.77. The number of aryl methyl sites for hydroxylation is 1. The first-order valence-corrected chi connectivity index (χ1v) is 8.33. The van der Waals surface area contributed by atoms with Gasteiger partial charge in [-0.2, -0.15) is 0 Å². The van der Waals surface area contributed by atoms with Gasteiger partial charge < -0.3 is 10.1 Å². The maximum atomic E-state index is 12.4. The summed E-state index contributed by atoms with van der Waals surface area (Å²) in [6.07, 6.45) is -0.564. The molecule has 0 radical (unpaired) electrons. The van der Waals surface area contributed by atoms with Crippen LogP contribution in [-0.4, -0.2) is 12.0 Å². The van der Waals surface area contributed by atoms with E-state index < -0.39 is 6.10 Å². The highest BCUT2D eigenvalue weighted by atomic mass is 16.5. The highest BCUT2D eigenvalue weighted by molar-refractivity contribution is 5.94. The third-order valence-electron chi connectivity index (χ3n) is 4.26. The summed E-state index contributed by atoms with van der Waals surface area (Å²) in [5.41, 5.74) is 4.40. The van der Waals surface area contributed by atoms with Crippen molar-refractivity contribution in [3.63, 3.8) is 0 Å². The predicted octanol–water partition coefficient (Wildman–Crippen LogP) is 5.01. The first-order chi connectivity index (χ1) is 11.2. The summed E-state index contributed by atoms with van der Waals surface area (Å²) in [5, 5.41) is 2.94. The molecule has 0 aliphatic heterocycles. The van der Waals surface area contributed by atoms with E-state index in [0.717, 1.165) is 16.8 Å². The Morgan fingerprint density at radius 2 is 1.67 bits per heavy atom. The van der Waals surface area contributed by atoms with E-state index in [4.69, 9.17) is 4.74 Å². The van der Waals surface area contributed by atoms with E-state index in [-0.39, 0.29) is 11.3 Å². The van der Waals surface area contributed by atoms with Crippen molar-refractivity contribution in [3.05, 3.63) is 59.2 Å². The van der Waals surface area contributed by atoms with Gasteiger partial charge in [0.2, 0.25) is 0 Å². The van der Waals surface area contributed by atoms with Crippen molar-refractivity contribution in [2.45, 2.75) is 53.1 Å². The molecule has 0 saturated carbocycles. The van der Waals surface area contributed by atoms with Crippen LogP contribution in [-0.2, 0) is 10.2 Å². The van der Waals surface area contributed by atoms with Crippen LogP contribution >= 0.6 is 0 Å². The van der Waals surface area contributed by atoms with Crippen LogP contribution < -0.4 is 10.1 Å². The van der Waals surface area contributed by atoms with Gasteiger partial charge >= 0.3 is 0 Å². The molecule has 0 unspecified atom stereocenters. The largest absolute Gasteiger partial charge is 0.481 e. The van der Waals surface area contributed by atoms with Crippen LogP contribution in [0.1, 0.15) is 44.4 Å². The van der Waals surface area contributed by atoms with Crippen LogP contribution in [0.3, 0.4) is 0 Å². The van der Waals surface area contributed by atoms with Crippen molar-refractivity contribution < 1.29 is 9.53 Å². The Labute approximate surface area is 145 Å². The average Bonchev–Trinajstić information content (AvgIpc) is 2.51. The molecule has 0 saturated heterocycles. The number of nitrogens with one attached hydrogen (secondary N) is 1. The molecular formula is C21H27NO2. The molecule has 2 aromatic carbocycles. The van der Waals surface area contributed by atoms with Gasteiger partial charge in [0.05, 0.1) is 0 Å². The molecule has 1 N–H and O–H groups in total. The zero-order valence-electron chi connectivity index (χ0n) is 15.4. The number of amides is 1. The van der Waals surface area contributed by atoms with Gasteiger partial charge in [0.25, 0.3) is 5.91 Å². The van der Waals surface area contributed by atoms with Crippen molar-refractivity contribution in [2.24, 2.45) is 0 Å². The number of rotatable bonds is 4. The summed E-state index contributed by atoms with van der Waals surface area (Å²) in [6.45, 7) is 12.3. The second kappa shape index (κ2) is 7.08. The molecule has 3 nitrogen and oxygen atoms in total. The predicted molar refractivity (Wildman–Crippen MR) is 99.8 cm³/mol. The van der Waals surface area contributed by atoms with Crippen LogP contribution in [0.15, 0.2) is 42.5 Å². The molecule has 24 heavy (non-hydrogen) atoms. The molecule has 2 rings (SSSR count). The van der Waals surface area contributed by atoms with E-state index in [1.54, 1.807) is 6.92 Å². The first-order valence-electron chi connectivity index (χ1n) is 8.33. The summed E-state index contributed by atoms with van der Waals surface area (Å²) in [4.78, 5) is 12.4. The van der Waals surface area contributed by atoms with Gasteiger partial charge in [0, 0.05) is 5.69 Å². The molecule has 0 heterocycles. The van der Waals surface area contributed by atoms with E-state index in [1.165, 1.54) is 5.56 Å². The van der Waals surface area contributed by atoms with Crippen molar-refractivity contribution in [3.8, 4) is 5.75 Å². The van der Waals surface area contributed by atoms with Crippen molar-refractivity contribution in [2.75, 3.05) is 5.32 Å². The van der Waals surface area contributed by atoms with Gasteiger partial charge in [0.1, 0.15) is 5.75 Å². The average molecular weight is 325 g/mol. The number of hydrogen-bond donors (Lipinski definition) is 1. The van der Waals surface area contributed by atoms with E-state index in [2.05, 4.69) is 26.1 Å². The fraction of sp³-hybridized carbons (Fsp3) is 0.381. The number of hydrogen-bond acceptors (Lipinski definition) is 2. The lowest BCUT2D eigenvalue weighted by atomic mass is 9.87. The Hall–Kier alpha value is -2.29. The maximum absolute atomic E-state index is 12.4. The Balaban J connectivity index is 2.02. The number of ether oxygens (including phenoxy) is 1. The molecular weight excluding hydrogens is 298 g/mol. The fourth-order valence-corrected chi connectivity index (χ4v) is 2.41. The summed E-state index contributed by atoms with van der Waals surface area (Å²) in [5.74, 6) is 0.551. The number of carbonyl (C=O) groups is 1. The van der Waals surface area contributed by atoms with Crippen LogP contribution in [0.2, 0.25) is 0 Å². The van der Waals surface area contributed by atoms with Gasteiger partial charge in [-0.25, -0.2) is 0 Å². The standard InChI is InChI=1S/C21H27NO2/c1-14-8-7-9-19(15(14)2)22-20(23)16(3)24-18-12-10-17(11-13-18)21(4,5)6/h7-13,16H,1-6H3,(H,22,23)/t16-/m1/s1. The van der Waals surface area contributed by atoms with E-state index in [9.17, 15) is 4.79 Å². The van der Waals surface area contributed by atoms with Gasteiger partial charge in [0.15, 0.2) is 6.10 Å². The quantitative estimate of drug-likeness (QED) is 0.858. The van der Waals surface area contributed by atoms with Crippen LogP contribution in [0, 0.1) is 13.8 Å². The van der Waals surface area contributed by atoms with Gasteiger partial charge in [-0.05, 0) is 61.1 Å². The van der Waals surface area contributed by atoms with Crippen molar-refractivity contribution in [1.29, 1.82) is 0 Å². The SMILES string of the molecule is Cc1cccc(NC(=O)[C@@H](C)Oc2ccc(C(C)(C)C)cc2)c1C. The van der Waals surface area contributed by atoms with Crippen LogP contribution in [0.25, 0.3) is 0 Å². The smallest absolute Gasteiger partial charge is 0.265 e. The third-order valence-corrected chi connectivity index (χ3v) is 4.26. The van der Waals surface area contributed by atoms with E-state index >= 15 is 0 Å². The zero-order valence-corrected chi connectivity index (χ0v) is 15.4. The molecule has 0 fully saturated rings. The minimum atomic E-state index is -0.564. The lowest BCUT2D eigenvalue weighted by molar-refractivity contribution is -0.122. The Kier molecular flexibility index (Phi) is 5.33. The molecule has 128 valence electrons. The minimum absolute atomic E-state index is 0.101. The molecule has 0 aliphatic rings. The number of benzene rings is 2. The Bertz CT molecular complexity index is 712. The topological polar surface area (TPSA) is 38.3 Å². The van der Waals surface area contributed by atoms with E-state index in [0.29, 0.717) is 5.75 Å². The zero-order chi connectivity index (χ0) is 17.9. The van der Waals surface area contributed by atoms with Crippen molar-refractivity contribution in [1.82, 2.24) is 0 Å². The second-order valence-corrected chi connectivity index (χ2v) is 7.27. The lowest BCUT2D eigenvalue weighted by Gasteiger charge is -2.20. The lowest BCUT2D eigenvalue weighted by Crippen LogP contribution is -2.30. The number of carbonyl (C=O) groups excluding carboxylic acids is 1. The molecule has 1 atom stereocenters. The van der Waals surface area contributed by atoms with Crippen molar-refractivity contribution >= 4 is 11.6 Å². The molecule has 1 amide bonds. The van der Waals surface area contributed by atoms with Gasteiger partial charge in [-0.15, -0.1) is 0 Å². The molecule has 2 aromatic rings.